The zero-order valence-corrected chi connectivity index (χ0v) is 17.2. The Morgan fingerprint density at radius 2 is 1.62 bits per heavy atom. The number of urea groups is 1. The van der Waals surface area contributed by atoms with Crippen molar-refractivity contribution in [3.63, 3.8) is 0 Å². The molecule has 4 aliphatic heterocycles. The van der Waals surface area contributed by atoms with Crippen LogP contribution in [-0.4, -0.2) is 89.3 Å². The van der Waals surface area contributed by atoms with Gasteiger partial charge in [0.15, 0.2) is 0 Å². The summed E-state index contributed by atoms with van der Waals surface area (Å²) in [5.74, 6) is 1.51. The summed E-state index contributed by atoms with van der Waals surface area (Å²) in [6, 6.07) is 0.461. The first-order valence-corrected chi connectivity index (χ1v) is 11.4. The van der Waals surface area contributed by atoms with E-state index in [4.69, 9.17) is 0 Å². The minimum absolute atomic E-state index is 0.111. The van der Waals surface area contributed by atoms with Gasteiger partial charge < -0.3 is 19.6 Å². The molecular formula is C22H32N4O3. The quantitative estimate of drug-likeness (QED) is 0.628. The van der Waals surface area contributed by atoms with E-state index in [9.17, 15) is 14.4 Å². The molecule has 0 unspecified atom stereocenters. The molecule has 4 heterocycles. The highest BCUT2D eigenvalue weighted by Crippen LogP contribution is 2.38. The lowest BCUT2D eigenvalue weighted by Gasteiger charge is -2.53. The Morgan fingerprint density at radius 3 is 2.38 bits per heavy atom. The molecule has 7 nitrogen and oxygen atoms in total. The summed E-state index contributed by atoms with van der Waals surface area (Å²) in [6.07, 6.45) is 9.82. The molecule has 3 atom stereocenters. The molecule has 29 heavy (non-hydrogen) atoms. The van der Waals surface area contributed by atoms with E-state index in [1.54, 1.807) is 0 Å². The van der Waals surface area contributed by atoms with Crippen LogP contribution < -0.4 is 0 Å². The van der Waals surface area contributed by atoms with E-state index in [-0.39, 0.29) is 17.9 Å². The smallest absolute Gasteiger partial charge is 0.320 e. The lowest BCUT2D eigenvalue weighted by Crippen LogP contribution is -2.63. The van der Waals surface area contributed by atoms with Gasteiger partial charge in [-0.15, -0.1) is 0 Å². The molecule has 5 aliphatic rings. The fourth-order valence-electron chi connectivity index (χ4n) is 6.16. The topological polar surface area (TPSA) is 64.2 Å². The summed E-state index contributed by atoms with van der Waals surface area (Å²) < 4.78 is 0. The molecule has 0 spiro atoms. The number of amides is 4. The van der Waals surface area contributed by atoms with Gasteiger partial charge in [0, 0.05) is 64.2 Å². The van der Waals surface area contributed by atoms with Gasteiger partial charge in [-0.05, 0) is 43.9 Å². The monoisotopic (exact) mass is 400 g/mol. The van der Waals surface area contributed by atoms with Crippen molar-refractivity contribution in [3.05, 3.63) is 12.2 Å². The summed E-state index contributed by atoms with van der Waals surface area (Å²) in [7, 11) is 0. The Bertz CT molecular complexity index is 707. The summed E-state index contributed by atoms with van der Waals surface area (Å²) >= 11 is 0. The molecule has 4 fully saturated rings. The second-order valence-corrected chi connectivity index (χ2v) is 9.51. The Labute approximate surface area is 172 Å². The molecule has 0 radical (unpaired) electrons. The number of carbonyl (C=O) groups is 3. The largest absolute Gasteiger partial charge is 0.339 e. The van der Waals surface area contributed by atoms with Gasteiger partial charge >= 0.3 is 6.03 Å². The predicted octanol–water partition coefficient (Wildman–Crippen LogP) is 1.55. The molecule has 0 aromatic rings. The normalized spacial score (nSPS) is 32.6. The van der Waals surface area contributed by atoms with Gasteiger partial charge in [-0.2, -0.15) is 0 Å². The van der Waals surface area contributed by atoms with Crippen LogP contribution in [0.2, 0.25) is 0 Å². The summed E-state index contributed by atoms with van der Waals surface area (Å²) in [4.78, 5) is 46.1. The minimum Gasteiger partial charge on any atom is -0.339 e. The first-order chi connectivity index (χ1) is 14.1. The maximum Gasteiger partial charge on any atom is 0.320 e. The molecule has 0 N–H and O–H groups in total. The lowest BCUT2D eigenvalue weighted by atomic mass is 9.76. The van der Waals surface area contributed by atoms with Crippen molar-refractivity contribution in [2.24, 2.45) is 17.8 Å². The van der Waals surface area contributed by atoms with Crippen LogP contribution >= 0.6 is 0 Å². The van der Waals surface area contributed by atoms with Crippen LogP contribution in [0.3, 0.4) is 0 Å². The van der Waals surface area contributed by atoms with E-state index in [0.29, 0.717) is 56.4 Å². The summed E-state index contributed by atoms with van der Waals surface area (Å²) in [5.41, 5.74) is 0. The molecule has 4 saturated heterocycles. The molecule has 4 amide bonds. The highest BCUT2D eigenvalue weighted by Gasteiger charge is 2.45. The number of piperazine rings is 1. The van der Waals surface area contributed by atoms with E-state index in [1.165, 1.54) is 0 Å². The standard InChI is InChI=1S/C22H32N4O3/c27-20-7-3-6-19-18-12-16(14-26(19)20)13-25(15-18)22(29)24-10-8-23(9-11-24)21(28)17-4-1-2-5-17/h1-2,16-19H,3-15H2/t16-,18-,19-/m1/s1. The van der Waals surface area contributed by atoms with Crippen LogP contribution in [0.25, 0.3) is 0 Å². The van der Waals surface area contributed by atoms with Crippen molar-refractivity contribution < 1.29 is 14.4 Å². The van der Waals surface area contributed by atoms with Gasteiger partial charge in [0.05, 0.1) is 0 Å². The van der Waals surface area contributed by atoms with Crippen molar-refractivity contribution in [1.29, 1.82) is 0 Å². The zero-order valence-electron chi connectivity index (χ0n) is 17.2. The Hall–Kier alpha value is -2.05. The second-order valence-electron chi connectivity index (χ2n) is 9.51. The molecule has 5 rings (SSSR count). The third-order valence-corrected chi connectivity index (χ3v) is 7.67. The van der Waals surface area contributed by atoms with Gasteiger partial charge in [0.1, 0.15) is 0 Å². The zero-order chi connectivity index (χ0) is 20.0. The van der Waals surface area contributed by atoms with Gasteiger partial charge in [0.25, 0.3) is 0 Å². The molecule has 7 heteroatoms. The fraction of sp³-hybridized carbons (Fsp3) is 0.773. The van der Waals surface area contributed by atoms with E-state index in [2.05, 4.69) is 17.1 Å². The molecule has 158 valence electrons. The van der Waals surface area contributed by atoms with E-state index < -0.39 is 0 Å². The highest BCUT2D eigenvalue weighted by atomic mass is 16.2. The lowest BCUT2D eigenvalue weighted by molar-refractivity contribution is -0.144. The predicted molar refractivity (Wildman–Crippen MR) is 108 cm³/mol. The van der Waals surface area contributed by atoms with Gasteiger partial charge in [-0.25, -0.2) is 4.79 Å². The van der Waals surface area contributed by atoms with Crippen molar-refractivity contribution in [1.82, 2.24) is 19.6 Å². The Morgan fingerprint density at radius 1 is 0.897 bits per heavy atom. The van der Waals surface area contributed by atoms with Crippen molar-refractivity contribution in [2.75, 3.05) is 45.8 Å². The third-order valence-electron chi connectivity index (χ3n) is 7.67. The van der Waals surface area contributed by atoms with E-state index in [0.717, 1.165) is 51.7 Å². The number of allylic oxidation sites excluding steroid dienone is 2. The molecule has 2 bridgehead atoms. The number of rotatable bonds is 1. The SMILES string of the molecule is O=C(C1CC=CC1)N1CCN(C(=O)N2C[C@H]3C[C@H](C2)[C@H]2CCCC(=O)N2C3)CC1. The van der Waals surface area contributed by atoms with Gasteiger partial charge in [-0.1, -0.05) is 12.2 Å². The van der Waals surface area contributed by atoms with E-state index >= 15 is 0 Å². The molecule has 0 aromatic heterocycles. The Kier molecular flexibility index (Phi) is 5.00. The second kappa shape index (κ2) is 7.65. The van der Waals surface area contributed by atoms with E-state index in [1.807, 2.05) is 14.7 Å². The van der Waals surface area contributed by atoms with Crippen LogP contribution in [0.15, 0.2) is 12.2 Å². The van der Waals surface area contributed by atoms with Crippen molar-refractivity contribution in [3.8, 4) is 0 Å². The molecular weight excluding hydrogens is 368 g/mol. The first kappa shape index (κ1) is 18.9. The number of likely N-dealkylation sites (tertiary alicyclic amines) is 1. The Balaban J connectivity index is 1.17. The maximum atomic E-state index is 13.2. The molecule has 0 aromatic carbocycles. The van der Waals surface area contributed by atoms with Crippen LogP contribution in [0.5, 0.6) is 0 Å². The maximum absolute atomic E-state index is 13.2. The van der Waals surface area contributed by atoms with Crippen molar-refractivity contribution in [2.45, 2.75) is 44.6 Å². The fourth-order valence-corrected chi connectivity index (χ4v) is 6.16. The molecule has 1 aliphatic carbocycles. The number of nitrogens with zero attached hydrogens (tertiary/aromatic N) is 4. The average Bonchev–Trinajstić information content (AvgIpc) is 3.28. The summed E-state index contributed by atoms with van der Waals surface area (Å²) in [5, 5.41) is 0. The van der Waals surface area contributed by atoms with Gasteiger partial charge in [0.2, 0.25) is 11.8 Å². The minimum atomic E-state index is 0.111. The van der Waals surface area contributed by atoms with Crippen LogP contribution in [0.4, 0.5) is 4.79 Å². The van der Waals surface area contributed by atoms with Crippen molar-refractivity contribution >= 4 is 17.8 Å². The number of hydrogen-bond donors (Lipinski definition) is 0. The molecule has 0 saturated carbocycles. The summed E-state index contributed by atoms with van der Waals surface area (Å²) in [6.45, 7) is 4.91. The third kappa shape index (κ3) is 3.53. The number of piperidine rings is 3. The van der Waals surface area contributed by atoms with Crippen LogP contribution in [0.1, 0.15) is 38.5 Å². The average molecular weight is 401 g/mol. The van der Waals surface area contributed by atoms with Crippen LogP contribution in [0, 0.1) is 17.8 Å². The number of hydrogen-bond acceptors (Lipinski definition) is 3. The number of fused-ring (bicyclic) bond motifs is 4. The van der Waals surface area contributed by atoms with Crippen LogP contribution in [-0.2, 0) is 9.59 Å². The van der Waals surface area contributed by atoms with Gasteiger partial charge in [-0.3, -0.25) is 9.59 Å². The first-order valence-electron chi connectivity index (χ1n) is 11.4. The highest BCUT2D eigenvalue weighted by molar-refractivity contribution is 5.80. The number of carbonyl (C=O) groups excluding carboxylic acids is 3.